The monoisotopic (exact) mass is 486 g/mol. The largest absolute Gasteiger partial charge is 0.383 e. The Morgan fingerprint density at radius 1 is 1.30 bits per heavy atom. The van der Waals surface area contributed by atoms with E-state index in [-0.39, 0.29) is 29.7 Å². The number of non-ortho nitro benzene ring substituents is 1. The standard InChI is InChI=1S/C18H26N6O2.HI/c1-4-19-18(23(3)14-17-6-5-13-22(17)2)21-12-11-20-15-7-9-16(10-8-15)24(25)26;/h5-10,13,20H,4,11-12,14H2,1-3H3,(H,19,21);1H. The van der Waals surface area contributed by atoms with Gasteiger partial charge in [-0.1, -0.05) is 0 Å². The Labute approximate surface area is 176 Å². The molecule has 8 nitrogen and oxygen atoms in total. The lowest BCUT2D eigenvalue weighted by atomic mass is 10.3. The number of nitro groups is 1. The number of hydrogen-bond donors (Lipinski definition) is 2. The Kier molecular flexibility index (Phi) is 9.62. The predicted molar refractivity (Wildman–Crippen MR) is 120 cm³/mol. The highest BCUT2D eigenvalue weighted by molar-refractivity contribution is 14.0. The van der Waals surface area contributed by atoms with Gasteiger partial charge in [-0.25, -0.2) is 0 Å². The van der Waals surface area contributed by atoms with Gasteiger partial charge in [0, 0.05) is 56.9 Å². The van der Waals surface area contributed by atoms with Crippen molar-refractivity contribution in [2.45, 2.75) is 13.5 Å². The molecule has 9 heteroatoms. The molecule has 2 aromatic rings. The fourth-order valence-electron chi connectivity index (χ4n) is 2.51. The van der Waals surface area contributed by atoms with Gasteiger partial charge in [0.1, 0.15) is 0 Å². The van der Waals surface area contributed by atoms with Crippen LogP contribution in [0.5, 0.6) is 0 Å². The summed E-state index contributed by atoms with van der Waals surface area (Å²) < 4.78 is 2.09. The molecule has 2 rings (SSSR count). The van der Waals surface area contributed by atoms with Crippen LogP contribution in [0.2, 0.25) is 0 Å². The molecular formula is C18H27IN6O2. The summed E-state index contributed by atoms with van der Waals surface area (Å²) in [6.07, 6.45) is 2.03. The molecule has 1 heterocycles. The van der Waals surface area contributed by atoms with Crippen LogP contribution < -0.4 is 10.6 Å². The van der Waals surface area contributed by atoms with Crippen molar-refractivity contribution in [3.63, 3.8) is 0 Å². The molecule has 0 aliphatic heterocycles. The number of aromatic nitrogens is 1. The first kappa shape index (κ1) is 22.7. The number of nitrogens with zero attached hydrogens (tertiary/aromatic N) is 4. The number of aryl methyl sites for hydroxylation is 1. The number of halogens is 1. The van der Waals surface area contributed by atoms with E-state index in [1.165, 1.54) is 17.8 Å². The summed E-state index contributed by atoms with van der Waals surface area (Å²) in [5, 5.41) is 17.2. The number of nitrogens with one attached hydrogen (secondary N) is 2. The average molecular weight is 486 g/mol. The minimum absolute atomic E-state index is 0. The van der Waals surface area contributed by atoms with Crippen molar-refractivity contribution >= 4 is 41.3 Å². The summed E-state index contributed by atoms with van der Waals surface area (Å²) in [5.41, 5.74) is 2.14. The summed E-state index contributed by atoms with van der Waals surface area (Å²) >= 11 is 0. The fourth-order valence-corrected chi connectivity index (χ4v) is 2.51. The number of guanidine groups is 1. The molecule has 0 amide bonds. The van der Waals surface area contributed by atoms with Crippen molar-refractivity contribution in [3.8, 4) is 0 Å². The van der Waals surface area contributed by atoms with E-state index in [0.29, 0.717) is 13.1 Å². The molecule has 0 unspecified atom stereocenters. The molecule has 2 N–H and O–H groups in total. The van der Waals surface area contributed by atoms with E-state index in [1.807, 2.05) is 33.3 Å². The van der Waals surface area contributed by atoms with Crippen LogP contribution in [0, 0.1) is 10.1 Å². The summed E-state index contributed by atoms with van der Waals surface area (Å²) in [5.74, 6) is 0.846. The maximum absolute atomic E-state index is 10.7. The van der Waals surface area contributed by atoms with Crippen LogP contribution in [-0.2, 0) is 13.6 Å². The van der Waals surface area contributed by atoms with E-state index in [4.69, 9.17) is 0 Å². The van der Waals surface area contributed by atoms with Crippen LogP contribution in [-0.4, -0.2) is 47.0 Å². The highest BCUT2D eigenvalue weighted by Crippen LogP contribution is 2.14. The zero-order valence-corrected chi connectivity index (χ0v) is 18.2. The Balaban J connectivity index is 0.00000364. The van der Waals surface area contributed by atoms with Gasteiger partial charge < -0.3 is 20.1 Å². The van der Waals surface area contributed by atoms with E-state index in [1.54, 1.807) is 12.1 Å². The molecular weight excluding hydrogens is 459 g/mol. The number of nitro benzene ring substituents is 1. The highest BCUT2D eigenvalue weighted by Gasteiger charge is 2.08. The van der Waals surface area contributed by atoms with Gasteiger partial charge in [-0.2, -0.15) is 0 Å². The zero-order valence-electron chi connectivity index (χ0n) is 15.9. The molecule has 0 saturated carbocycles. The second-order valence-corrected chi connectivity index (χ2v) is 5.93. The Morgan fingerprint density at radius 3 is 2.56 bits per heavy atom. The fraction of sp³-hybridized carbons (Fsp3) is 0.389. The molecule has 0 aliphatic carbocycles. The lowest BCUT2D eigenvalue weighted by molar-refractivity contribution is -0.384. The van der Waals surface area contributed by atoms with Gasteiger partial charge in [0.2, 0.25) is 0 Å². The van der Waals surface area contributed by atoms with Crippen LogP contribution in [0.4, 0.5) is 11.4 Å². The van der Waals surface area contributed by atoms with Gasteiger partial charge in [0.15, 0.2) is 5.96 Å². The molecule has 27 heavy (non-hydrogen) atoms. The lowest BCUT2D eigenvalue weighted by Crippen LogP contribution is -2.39. The Hall–Kier alpha value is -2.30. The van der Waals surface area contributed by atoms with Crippen molar-refractivity contribution in [2.75, 3.05) is 32.0 Å². The molecule has 1 aromatic heterocycles. The molecule has 0 radical (unpaired) electrons. The van der Waals surface area contributed by atoms with E-state index >= 15 is 0 Å². The Bertz CT molecular complexity index is 745. The first-order valence-electron chi connectivity index (χ1n) is 8.59. The summed E-state index contributed by atoms with van der Waals surface area (Å²) in [6, 6.07) is 10.5. The molecule has 0 bridgehead atoms. The van der Waals surface area contributed by atoms with Crippen molar-refractivity contribution in [2.24, 2.45) is 12.0 Å². The van der Waals surface area contributed by atoms with Crippen molar-refractivity contribution < 1.29 is 4.92 Å². The van der Waals surface area contributed by atoms with Crippen molar-refractivity contribution in [3.05, 3.63) is 58.4 Å². The number of hydrogen-bond acceptors (Lipinski definition) is 4. The maximum Gasteiger partial charge on any atom is 0.269 e. The molecule has 0 atom stereocenters. The summed E-state index contributed by atoms with van der Waals surface area (Å²) in [6.45, 7) is 4.85. The SMILES string of the molecule is CCNC(=NCCNc1ccc([N+](=O)[O-])cc1)N(C)Cc1cccn1C.I. The molecule has 0 fully saturated rings. The van der Waals surface area contributed by atoms with E-state index < -0.39 is 4.92 Å². The topological polar surface area (TPSA) is 87.7 Å². The highest BCUT2D eigenvalue weighted by atomic mass is 127. The first-order valence-corrected chi connectivity index (χ1v) is 8.59. The normalized spacial score (nSPS) is 10.9. The summed E-state index contributed by atoms with van der Waals surface area (Å²) in [4.78, 5) is 17.0. The summed E-state index contributed by atoms with van der Waals surface area (Å²) in [7, 11) is 4.04. The third kappa shape index (κ3) is 7.08. The molecule has 1 aromatic carbocycles. The lowest BCUT2D eigenvalue weighted by Gasteiger charge is -2.22. The third-order valence-electron chi connectivity index (χ3n) is 3.93. The van der Waals surface area contributed by atoms with E-state index in [0.717, 1.165) is 24.7 Å². The van der Waals surface area contributed by atoms with Crippen molar-refractivity contribution in [1.29, 1.82) is 0 Å². The van der Waals surface area contributed by atoms with Crippen LogP contribution in [0.15, 0.2) is 47.6 Å². The zero-order chi connectivity index (χ0) is 18.9. The van der Waals surface area contributed by atoms with Crippen LogP contribution in [0.1, 0.15) is 12.6 Å². The number of benzene rings is 1. The van der Waals surface area contributed by atoms with E-state index in [9.17, 15) is 10.1 Å². The average Bonchev–Trinajstić information content (AvgIpc) is 3.02. The first-order chi connectivity index (χ1) is 12.5. The number of rotatable bonds is 8. The molecule has 148 valence electrons. The quantitative estimate of drug-likeness (QED) is 0.150. The van der Waals surface area contributed by atoms with Gasteiger partial charge in [0.05, 0.1) is 18.0 Å². The second kappa shape index (κ2) is 11.4. The molecule has 0 saturated heterocycles. The van der Waals surface area contributed by atoms with Crippen LogP contribution in [0.25, 0.3) is 0 Å². The predicted octanol–water partition coefficient (Wildman–Crippen LogP) is 3.06. The van der Waals surface area contributed by atoms with Gasteiger partial charge in [-0.3, -0.25) is 15.1 Å². The Morgan fingerprint density at radius 2 is 2.00 bits per heavy atom. The van der Waals surface area contributed by atoms with Crippen LogP contribution >= 0.6 is 24.0 Å². The van der Waals surface area contributed by atoms with Crippen LogP contribution in [0.3, 0.4) is 0 Å². The van der Waals surface area contributed by atoms with Gasteiger partial charge >= 0.3 is 0 Å². The third-order valence-corrected chi connectivity index (χ3v) is 3.93. The molecule has 0 spiro atoms. The van der Waals surface area contributed by atoms with E-state index in [2.05, 4.69) is 31.2 Å². The van der Waals surface area contributed by atoms with Crippen molar-refractivity contribution in [1.82, 2.24) is 14.8 Å². The van der Waals surface area contributed by atoms with Gasteiger partial charge in [0.25, 0.3) is 5.69 Å². The second-order valence-electron chi connectivity index (χ2n) is 5.93. The number of anilines is 1. The smallest absolute Gasteiger partial charge is 0.269 e. The molecule has 0 aliphatic rings. The van der Waals surface area contributed by atoms with Gasteiger partial charge in [-0.15, -0.1) is 24.0 Å². The van der Waals surface area contributed by atoms with Gasteiger partial charge in [-0.05, 0) is 31.2 Å². The minimum atomic E-state index is -0.403. The number of aliphatic imine (C=N–C) groups is 1. The minimum Gasteiger partial charge on any atom is -0.383 e. The maximum atomic E-state index is 10.7.